The Morgan fingerprint density at radius 3 is 2.29 bits per heavy atom. The standard InChI is InChI=1S/C15H13NO/c1-10-7-14-8-12-5-3-4-6-13(12)9-15(14)16(10)11(2)17/h3-9H,1-2H3. The molecular formula is C15H13NO. The number of carbonyl (C=O) groups excluding carboxylic acids is 1. The van der Waals surface area contributed by atoms with Crippen LogP contribution in [0.25, 0.3) is 21.7 Å². The maximum absolute atomic E-state index is 11.6. The molecule has 84 valence electrons. The molecule has 0 aliphatic carbocycles. The van der Waals surface area contributed by atoms with Crippen LogP contribution in [0.2, 0.25) is 0 Å². The van der Waals surface area contributed by atoms with E-state index in [-0.39, 0.29) is 5.91 Å². The number of rotatable bonds is 0. The van der Waals surface area contributed by atoms with Crippen molar-refractivity contribution in [2.45, 2.75) is 13.8 Å². The maximum Gasteiger partial charge on any atom is 0.228 e. The molecule has 0 fully saturated rings. The lowest BCUT2D eigenvalue weighted by Gasteiger charge is -2.03. The lowest BCUT2D eigenvalue weighted by molar-refractivity contribution is 0.0940. The van der Waals surface area contributed by atoms with Gasteiger partial charge < -0.3 is 0 Å². The predicted octanol–water partition coefficient (Wildman–Crippen LogP) is 3.76. The molecule has 3 aromatic rings. The van der Waals surface area contributed by atoms with E-state index in [1.54, 1.807) is 11.5 Å². The average Bonchev–Trinajstić information content (AvgIpc) is 2.60. The van der Waals surface area contributed by atoms with Gasteiger partial charge >= 0.3 is 0 Å². The third-order valence-electron chi connectivity index (χ3n) is 3.17. The molecule has 0 spiro atoms. The first-order chi connectivity index (χ1) is 8.16. The fraction of sp³-hybridized carbons (Fsp3) is 0.133. The zero-order chi connectivity index (χ0) is 12.0. The Bertz CT molecular complexity index is 737. The van der Waals surface area contributed by atoms with Crippen LogP contribution in [-0.2, 0) is 0 Å². The van der Waals surface area contributed by atoms with Gasteiger partial charge in [0.25, 0.3) is 0 Å². The van der Waals surface area contributed by atoms with E-state index in [0.717, 1.165) is 16.6 Å². The van der Waals surface area contributed by atoms with Gasteiger partial charge in [0.05, 0.1) is 5.52 Å². The minimum atomic E-state index is 0.0628. The van der Waals surface area contributed by atoms with Crippen LogP contribution in [-0.4, -0.2) is 10.5 Å². The second-order valence-electron chi connectivity index (χ2n) is 4.40. The number of fused-ring (bicyclic) bond motifs is 2. The van der Waals surface area contributed by atoms with E-state index in [0.29, 0.717) is 0 Å². The molecule has 0 saturated heterocycles. The van der Waals surface area contributed by atoms with Gasteiger partial charge in [0.15, 0.2) is 0 Å². The number of nitrogens with zero attached hydrogens (tertiary/aromatic N) is 1. The molecule has 2 nitrogen and oxygen atoms in total. The maximum atomic E-state index is 11.6. The molecule has 0 amide bonds. The summed E-state index contributed by atoms with van der Waals surface area (Å²) in [6.07, 6.45) is 0. The number of hydrogen-bond donors (Lipinski definition) is 0. The van der Waals surface area contributed by atoms with E-state index in [2.05, 4.69) is 30.3 Å². The summed E-state index contributed by atoms with van der Waals surface area (Å²) in [6, 6.07) is 14.5. The van der Waals surface area contributed by atoms with Crippen LogP contribution >= 0.6 is 0 Å². The van der Waals surface area contributed by atoms with Crippen molar-refractivity contribution in [2.75, 3.05) is 0 Å². The van der Waals surface area contributed by atoms with E-state index in [4.69, 9.17) is 0 Å². The summed E-state index contributed by atoms with van der Waals surface area (Å²) in [5, 5.41) is 3.50. The number of aromatic nitrogens is 1. The van der Waals surface area contributed by atoms with Crippen LogP contribution in [0.1, 0.15) is 17.4 Å². The van der Waals surface area contributed by atoms with E-state index in [1.165, 1.54) is 10.8 Å². The van der Waals surface area contributed by atoms with Gasteiger partial charge in [-0.1, -0.05) is 24.3 Å². The average molecular weight is 223 g/mol. The van der Waals surface area contributed by atoms with Crippen LogP contribution in [0.4, 0.5) is 0 Å². The number of hydrogen-bond acceptors (Lipinski definition) is 1. The van der Waals surface area contributed by atoms with Crippen LogP contribution < -0.4 is 0 Å². The summed E-state index contributed by atoms with van der Waals surface area (Å²) in [4.78, 5) is 11.6. The smallest absolute Gasteiger partial charge is 0.228 e. The normalized spacial score (nSPS) is 11.2. The van der Waals surface area contributed by atoms with E-state index < -0.39 is 0 Å². The molecule has 0 aliphatic rings. The molecule has 0 bridgehead atoms. The second kappa shape index (κ2) is 3.45. The second-order valence-corrected chi connectivity index (χ2v) is 4.40. The minimum Gasteiger partial charge on any atom is -0.285 e. The van der Waals surface area contributed by atoms with Crippen LogP contribution in [0.5, 0.6) is 0 Å². The van der Waals surface area contributed by atoms with Gasteiger partial charge in [-0.05, 0) is 35.9 Å². The largest absolute Gasteiger partial charge is 0.285 e. The molecule has 1 aromatic heterocycles. The molecule has 0 N–H and O–H groups in total. The Balaban J connectivity index is 2.48. The first kappa shape index (κ1) is 10.1. The van der Waals surface area contributed by atoms with Crippen LogP contribution in [0.15, 0.2) is 42.5 Å². The van der Waals surface area contributed by atoms with Gasteiger partial charge in [-0.25, -0.2) is 0 Å². The fourth-order valence-electron chi connectivity index (χ4n) is 2.45. The molecule has 0 aliphatic heterocycles. The van der Waals surface area contributed by atoms with Gasteiger partial charge in [0.2, 0.25) is 5.91 Å². The van der Waals surface area contributed by atoms with Crippen molar-refractivity contribution in [3.8, 4) is 0 Å². The minimum absolute atomic E-state index is 0.0628. The van der Waals surface area contributed by atoms with Crippen molar-refractivity contribution in [3.63, 3.8) is 0 Å². The zero-order valence-corrected chi connectivity index (χ0v) is 9.90. The van der Waals surface area contributed by atoms with Gasteiger partial charge in [0.1, 0.15) is 0 Å². The SMILES string of the molecule is CC(=O)n1c(C)cc2cc3ccccc3cc21. The predicted molar refractivity (Wildman–Crippen MR) is 70.5 cm³/mol. The highest BCUT2D eigenvalue weighted by Crippen LogP contribution is 2.25. The molecule has 0 saturated carbocycles. The number of benzene rings is 2. The quantitative estimate of drug-likeness (QED) is 0.568. The van der Waals surface area contributed by atoms with Gasteiger partial charge in [-0.3, -0.25) is 9.36 Å². The summed E-state index contributed by atoms with van der Waals surface area (Å²) in [5.74, 6) is 0.0628. The zero-order valence-electron chi connectivity index (χ0n) is 9.90. The number of aryl methyl sites for hydroxylation is 1. The van der Waals surface area contributed by atoms with Crippen molar-refractivity contribution in [1.82, 2.24) is 4.57 Å². The van der Waals surface area contributed by atoms with Gasteiger partial charge in [-0.2, -0.15) is 0 Å². The summed E-state index contributed by atoms with van der Waals surface area (Å²) in [6.45, 7) is 3.56. The Morgan fingerprint density at radius 2 is 1.65 bits per heavy atom. The molecule has 0 atom stereocenters. The first-order valence-corrected chi connectivity index (χ1v) is 5.68. The summed E-state index contributed by atoms with van der Waals surface area (Å²) < 4.78 is 1.77. The van der Waals surface area contributed by atoms with Crippen LogP contribution in [0.3, 0.4) is 0 Å². The fourth-order valence-corrected chi connectivity index (χ4v) is 2.45. The molecule has 2 heteroatoms. The van der Waals surface area contributed by atoms with Crippen molar-refractivity contribution in [1.29, 1.82) is 0 Å². The van der Waals surface area contributed by atoms with Crippen molar-refractivity contribution in [3.05, 3.63) is 48.2 Å². The van der Waals surface area contributed by atoms with Crippen molar-refractivity contribution < 1.29 is 4.79 Å². The Labute approximate surface area is 99.5 Å². The topological polar surface area (TPSA) is 22.0 Å². The molecule has 1 heterocycles. The highest BCUT2D eigenvalue weighted by molar-refractivity contribution is 6.01. The third-order valence-corrected chi connectivity index (χ3v) is 3.17. The lowest BCUT2D eigenvalue weighted by atomic mass is 10.1. The molecule has 0 radical (unpaired) electrons. The Morgan fingerprint density at radius 1 is 1.00 bits per heavy atom. The monoisotopic (exact) mass is 223 g/mol. The molecule has 2 aromatic carbocycles. The van der Waals surface area contributed by atoms with E-state index in [9.17, 15) is 4.79 Å². The van der Waals surface area contributed by atoms with Gasteiger partial charge in [0, 0.05) is 18.0 Å². The van der Waals surface area contributed by atoms with Gasteiger partial charge in [-0.15, -0.1) is 0 Å². The summed E-state index contributed by atoms with van der Waals surface area (Å²) >= 11 is 0. The van der Waals surface area contributed by atoms with E-state index >= 15 is 0 Å². The summed E-state index contributed by atoms with van der Waals surface area (Å²) in [5.41, 5.74) is 1.98. The van der Waals surface area contributed by atoms with Crippen LogP contribution in [0, 0.1) is 6.92 Å². The highest BCUT2D eigenvalue weighted by atomic mass is 16.1. The van der Waals surface area contributed by atoms with E-state index in [1.807, 2.05) is 19.1 Å². The highest BCUT2D eigenvalue weighted by Gasteiger charge is 2.09. The lowest BCUT2D eigenvalue weighted by Crippen LogP contribution is -2.06. The Kier molecular flexibility index (Phi) is 2.05. The summed E-state index contributed by atoms with van der Waals surface area (Å²) in [7, 11) is 0. The Hall–Kier alpha value is -2.09. The van der Waals surface area contributed by atoms with Crippen molar-refractivity contribution in [2.24, 2.45) is 0 Å². The molecule has 0 unspecified atom stereocenters. The number of carbonyl (C=O) groups is 1. The first-order valence-electron chi connectivity index (χ1n) is 5.68. The molecular weight excluding hydrogens is 210 g/mol. The third kappa shape index (κ3) is 1.45. The van der Waals surface area contributed by atoms with Crippen molar-refractivity contribution >= 4 is 27.6 Å². The molecule has 17 heavy (non-hydrogen) atoms. The molecule has 3 rings (SSSR count).